The number of hydrogen-bond donors (Lipinski definition) is 2. The number of nitrogens with zero attached hydrogens (tertiary/aromatic N) is 5. The van der Waals surface area contributed by atoms with Crippen molar-refractivity contribution in [1.29, 1.82) is 0 Å². The van der Waals surface area contributed by atoms with E-state index in [1.165, 1.54) is 18.3 Å². The van der Waals surface area contributed by atoms with E-state index in [1.807, 2.05) is 30.0 Å². The quantitative estimate of drug-likeness (QED) is 0.253. The minimum Gasteiger partial charge on any atom is -0.375 e. The molecule has 2 heterocycles. The van der Waals surface area contributed by atoms with Crippen molar-refractivity contribution in [1.82, 2.24) is 10.3 Å². The Morgan fingerprint density at radius 2 is 1.76 bits per heavy atom. The van der Waals surface area contributed by atoms with E-state index in [1.54, 1.807) is 6.07 Å². The van der Waals surface area contributed by atoms with E-state index in [2.05, 4.69) is 20.3 Å². The molecule has 7 nitrogen and oxygen atoms in total. The lowest BCUT2D eigenvalue weighted by Gasteiger charge is -2.38. The number of anilines is 3. The van der Waals surface area contributed by atoms with Gasteiger partial charge in [-0.3, -0.25) is 5.43 Å². The molecule has 0 unspecified atom stereocenters. The number of nitrogens with two attached hydrogens (primary N) is 1. The number of piperazine rings is 1. The Morgan fingerprint density at radius 3 is 2.38 bits per heavy atom. The predicted molar refractivity (Wildman–Crippen MR) is 144 cm³/mol. The Morgan fingerprint density at radius 1 is 1.05 bits per heavy atom. The summed E-state index contributed by atoms with van der Waals surface area (Å²) < 4.78 is 54.8. The van der Waals surface area contributed by atoms with Gasteiger partial charge in [-0.05, 0) is 63.1 Å². The van der Waals surface area contributed by atoms with Crippen LogP contribution in [0.2, 0.25) is 0 Å². The van der Waals surface area contributed by atoms with E-state index in [4.69, 9.17) is 18.0 Å². The fraction of sp³-hybridized carbons (Fsp3) is 0.440. The van der Waals surface area contributed by atoms with Crippen LogP contribution in [-0.4, -0.2) is 75.6 Å². The Balaban J connectivity index is 1.55. The van der Waals surface area contributed by atoms with Gasteiger partial charge in [0.2, 0.25) is 0 Å². The summed E-state index contributed by atoms with van der Waals surface area (Å²) in [6, 6.07) is 9.00. The maximum Gasteiger partial charge on any atom is 0.416 e. The lowest BCUT2D eigenvalue weighted by molar-refractivity contribution is -0.137. The SMILES string of the molecule is CN(C)[C@@H]1CCN(c2cc(N3CCN(c4cccc(C(F)(F)F)c4)CC3)c(F)cc2/C=N/NC(N)=S)C1. The van der Waals surface area contributed by atoms with E-state index in [0.29, 0.717) is 49.2 Å². The lowest BCUT2D eigenvalue weighted by Crippen LogP contribution is -2.47. The van der Waals surface area contributed by atoms with E-state index < -0.39 is 17.6 Å². The first-order chi connectivity index (χ1) is 17.5. The summed E-state index contributed by atoms with van der Waals surface area (Å²) in [5.41, 5.74) is 9.73. The van der Waals surface area contributed by atoms with E-state index in [0.717, 1.165) is 37.3 Å². The van der Waals surface area contributed by atoms with Gasteiger partial charge in [0, 0.05) is 62.2 Å². The van der Waals surface area contributed by atoms with Crippen LogP contribution >= 0.6 is 12.2 Å². The number of alkyl halides is 3. The normalized spacial score (nSPS) is 18.8. The molecule has 4 rings (SSSR count). The zero-order valence-electron chi connectivity index (χ0n) is 20.8. The zero-order valence-corrected chi connectivity index (χ0v) is 21.6. The highest BCUT2D eigenvalue weighted by atomic mass is 32.1. The highest BCUT2D eigenvalue weighted by Crippen LogP contribution is 2.34. The molecule has 0 spiro atoms. The monoisotopic (exact) mass is 537 g/mol. The molecule has 2 aromatic rings. The first-order valence-corrected chi connectivity index (χ1v) is 12.4. The van der Waals surface area contributed by atoms with Gasteiger partial charge in [-0.15, -0.1) is 0 Å². The molecule has 2 aliphatic rings. The molecule has 37 heavy (non-hydrogen) atoms. The Kier molecular flexibility index (Phi) is 8.08. The summed E-state index contributed by atoms with van der Waals surface area (Å²) in [5.74, 6) is -0.392. The van der Waals surface area contributed by atoms with Crippen molar-refractivity contribution < 1.29 is 17.6 Å². The molecule has 2 fully saturated rings. The summed E-state index contributed by atoms with van der Waals surface area (Å²) in [6.07, 6.45) is -1.90. The summed E-state index contributed by atoms with van der Waals surface area (Å²) in [4.78, 5) is 8.24. The number of rotatable bonds is 6. The number of hydrazone groups is 1. The van der Waals surface area contributed by atoms with Crippen LogP contribution < -0.4 is 25.9 Å². The number of halogens is 4. The van der Waals surface area contributed by atoms with Crippen LogP contribution in [0.4, 0.5) is 34.6 Å². The number of hydrogen-bond acceptors (Lipinski definition) is 6. The number of likely N-dealkylation sites (N-methyl/N-ethyl adjacent to an activating group) is 1. The summed E-state index contributed by atoms with van der Waals surface area (Å²) in [5, 5.41) is 4.05. The molecule has 0 radical (unpaired) electrons. The van der Waals surface area contributed by atoms with Crippen LogP contribution in [-0.2, 0) is 6.18 Å². The molecule has 2 aromatic carbocycles. The first kappa shape index (κ1) is 26.9. The van der Waals surface area contributed by atoms with Gasteiger partial charge >= 0.3 is 6.18 Å². The fourth-order valence-electron chi connectivity index (χ4n) is 4.82. The van der Waals surface area contributed by atoms with Gasteiger partial charge in [-0.1, -0.05) is 6.07 Å². The summed E-state index contributed by atoms with van der Waals surface area (Å²) in [6.45, 7) is 3.52. The van der Waals surface area contributed by atoms with Crippen molar-refractivity contribution in [2.45, 2.75) is 18.6 Å². The number of benzene rings is 2. The minimum atomic E-state index is -4.39. The van der Waals surface area contributed by atoms with Crippen molar-refractivity contribution in [2.75, 3.05) is 68.1 Å². The van der Waals surface area contributed by atoms with Crippen LogP contribution in [0.5, 0.6) is 0 Å². The third kappa shape index (κ3) is 6.42. The molecule has 0 aromatic heterocycles. The van der Waals surface area contributed by atoms with Gasteiger partial charge in [0.25, 0.3) is 0 Å². The van der Waals surface area contributed by atoms with E-state index in [-0.39, 0.29) is 5.11 Å². The molecule has 0 amide bonds. The second-order valence-corrected chi connectivity index (χ2v) is 9.91. The maximum absolute atomic E-state index is 15.4. The summed E-state index contributed by atoms with van der Waals surface area (Å²) in [7, 11) is 4.09. The lowest BCUT2D eigenvalue weighted by atomic mass is 10.1. The van der Waals surface area contributed by atoms with Gasteiger partial charge in [0.1, 0.15) is 5.82 Å². The molecule has 3 N–H and O–H groups in total. The van der Waals surface area contributed by atoms with Gasteiger partial charge < -0.3 is 25.3 Å². The van der Waals surface area contributed by atoms with Crippen molar-refractivity contribution in [3.8, 4) is 0 Å². The van der Waals surface area contributed by atoms with E-state index in [9.17, 15) is 13.2 Å². The second-order valence-electron chi connectivity index (χ2n) is 9.47. The van der Waals surface area contributed by atoms with Crippen molar-refractivity contribution >= 4 is 40.6 Å². The van der Waals surface area contributed by atoms with Crippen LogP contribution in [0, 0.1) is 5.82 Å². The predicted octanol–water partition coefficient (Wildman–Crippen LogP) is 3.48. The Bertz CT molecular complexity index is 1150. The van der Waals surface area contributed by atoms with Crippen LogP contribution in [0.1, 0.15) is 17.5 Å². The molecule has 1 atom stereocenters. The van der Waals surface area contributed by atoms with Gasteiger partial charge in [0.15, 0.2) is 5.11 Å². The average Bonchev–Trinajstić information content (AvgIpc) is 3.34. The molecule has 200 valence electrons. The largest absolute Gasteiger partial charge is 0.416 e. The molecule has 12 heteroatoms. The van der Waals surface area contributed by atoms with E-state index >= 15 is 4.39 Å². The zero-order chi connectivity index (χ0) is 26.7. The molecule has 2 saturated heterocycles. The highest BCUT2D eigenvalue weighted by molar-refractivity contribution is 7.80. The van der Waals surface area contributed by atoms with Gasteiger partial charge in [-0.2, -0.15) is 18.3 Å². The number of nitrogens with one attached hydrogen (secondary N) is 1. The molecule has 0 bridgehead atoms. The van der Waals surface area contributed by atoms with Gasteiger partial charge in [0.05, 0.1) is 17.5 Å². The first-order valence-electron chi connectivity index (χ1n) is 12.0. The second kappa shape index (κ2) is 11.1. The topological polar surface area (TPSA) is 63.4 Å². The Hall–Kier alpha value is -3.12. The maximum atomic E-state index is 15.4. The standard InChI is InChI=1S/C25H31F4N7S/c1-33(2)20-6-7-36(16-20)22-14-23(21(26)12-17(22)15-31-32-24(30)37)35-10-8-34(9-11-35)19-5-3-4-18(13-19)25(27,28)29/h3-5,12-15,20H,6-11,16H2,1-2H3,(H3,30,32,37)/b31-15+/t20-/m1/s1. The third-order valence-electron chi connectivity index (χ3n) is 6.87. The Labute approximate surface area is 219 Å². The number of thiocarbonyl (C=S) groups is 1. The molecule has 2 aliphatic heterocycles. The average molecular weight is 538 g/mol. The van der Waals surface area contributed by atoms with Crippen molar-refractivity contribution in [3.63, 3.8) is 0 Å². The molecule has 0 saturated carbocycles. The highest BCUT2D eigenvalue weighted by Gasteiger charge is 2.32. The van der Waals surface area contributed by atoms with Crippen LogP contribution in [0.3, 0.4) is 0 Å². The molecular formula is C25H31F4N7S. The minimum absolute atomic E-state index is 0.0161. The van der Waals surface area contributed by atoms with Gasteiger partial charge in [-0.25, -0.2) is 4.39 Å². The fourth-order valence-corrected chi connectivity index (χ4v) is 4.87. The van der Waals surface area contributed by atoms with Crippen LogP contribution in [0.25, 0.3) is 0 Å². The van der Waals surface area contributed by atoms with Crippen molar-refractivity contribution in [3.05, 3.63) is 53.3 Å². The van der Waals surface area contributed by atoms with Crippen molar-refractivity contribution in [2.24, 2.45) is 10.8 Å². The molecular weight excluding hydrogens is 506 g/mol. The molecule has 0 aliphatic carbocycles. The summed E-state index contributed by atoms with van der Waals surface area (Å²) >= 11 is 4.79. The smallest absolute Gasteiger partial charge is 0.375 e. The third-order valence-corrected chi connectivity index (χ3v) is 6.96. The van der Waals surface area contributed by atoms with Crippen LogP contribution in [0.15, 0.2) is 41.5 Å².